The molecule has 1 unspecified atom stereocenters. The van der Waals surface area contributed by atoms with Crippen LogP contribution < -0.4 is 0 Å². The van der Waals surface area contributed by atoms with Crippen molar-refractivity contribution >= 4 is 17.0 Å². The van der Waals surface area contributed by atoms with Crippen LogP contribution in [0.2, 0.25) is 0 Å². The molecule has 1 N–H and O–H groups in total. The third kappa shape index (κ3) is 2.15. The predicted octanol–water partition coefficient (Wildman–Crippen LogP) is 3.11. The number of hydrogen-bond acceptors (Lipinski definition) is 2. The second-order valence-corrected chi connectivity index (χ2v) is 5.33. The summed E-state index contributed by atoms with van der Waals surface area (Å²) in [5.41, 5.74) is 3.87. The number of carbonyl (C=O) groups is 1. The van der Waals surface area contributed by atoms with Crippen LogP contribution in [0.1, 0.15) is 24.6 Å². The summed E-state index contributed by atoms with van der Waals surface area (Å²) in [6.45, 7) is 2.26. The van der Waals surface area contributed by atoms with Crippen LogP contribution in [0.4, 0.5) is 4.79 Å². The van der Waals surface area contributed by atoms with Gasteiger partial charge in [-0.25, -0.2) is 4.79 Å². The number of fused-ring (bicyclic) bond motifs is 3. The van der Waals surface area contributed by atoms with Crippen LogP contribution in [-0.4, -0.2) is 35.7 Å². The maximum absolute atomic E-state index is 11.8. The van der Waals surface area contributed by atoms with Gasteiger partial charge in [0.1, 0.15) is 0 Å². The normalized spacial score (nSPS) is 17.8. The minimum absolute atomic E-state index is 0.217. The number of likely N-dealkylation sites (N-methyl/N-ethyl adjacent to an activating group) is 1. The Hall–Kier alpha value is -1.97. The summed E-state index contributed by atoms with van der Waals surface area (Å²) in [7, 11) is 1.83. The van der Waals surface area contributed by atoms with Gasteiger partial charge in [-0.3, -0.25) is 0 Å². The zero-order chi connectivity index (χ0) is 14.1. The van der Waals surface area contributed by atoms with Crippen molar-refractivity contribution in [2.45, 2.75) is 32.2 Å². The van der Waals surface area contributed by atoms with Crippen LogP contribution in [0.25, 0.3) is 10.9 Å². The highest BCUT2D eigenvalue weighted by molar-refractivity contribution is 5.85. The Balaban J connectivity index is 1.83. The maximum Gasteiger partial charge on any atom is 0.409 e. The number of aromatic amines is 1. The number of rotatable bonds is 2. The van der Waals surface area contributed by atoms with E-state index in [4.69, 9.17) is 4.74 Å². The first-order valence-electron chi connectivity index (χ1n) is 7.18. The molecule has 1 amide bonds. The van der Waals surface area contributed by atoms with Crippen LogP contribution in [0.5, 0.6) is 0 Å². The van der Waals surface area contributed by atoms with E-state index in [-0.39, 0.29) is 12.1 Å². The Labute approximate surface area is 118 Å². The number of hydrogen-bond donors (Lipinski definition) is 1. The molecule has 0 aliphatic heterocycles. The first kappa shape index (κ1) is 13.0. The number of nitrogens with one attached hydrogen (secondary N) is 1. The molecular weight excluding hydrogens is 252 g/mol. The summed E-state index contributed by atoms with van der Waals surface area (Å²) in [4.78, 5) is 17.0. The first-order valence-corrected chi connectivity index (χ1v) is 7.18. The monoisotopic (exact) mass is 272 g/mol. The van der Waals surface area contributed by atoms with E-state index in [9.17, 15) is 4.79 Å². The summed E-state index contributed by atoms with van der Waals surface area (Å²) < 4.78 is 5.08. The van der Waals surface area contributed by atoms with Crippen molar-refractivity contribution in [2.75, 3.05) is 13.7 Å². The summed E-state index contributed by atoms with van der Waals surface area (Å²) >= 11 is 0. The third-order valence-corrected chi connectivity index (χ3v) is 4.17. The van der Waals surface area contributed by atoms with E-state index in [1.165, 1.54) is 22.2 Å². The quantitative estimate of drug-likeness (QED) is 0.913. The number of H-pyrrole nitrogens is 1. The molecule has 1 aliphatic rings. The second-order valence-electron chi connectivity index (χ2n) is 5.33. The molecule has 4 heteroatoms. The van der Waals surface area contributed by atoms with E-state index >= 15 is 0 Å². The molecule has 20 heavy (non-hydrogen) atoms. The Morgan fingerprint density at radius 3 is 3.05 bits per heavy atom. The molecule has 1 heterocycles. The largest absolute Gasteiger partial charge is 0.450 e. The highest BCUT2D eigenvalue weighted by atomic mass is 16.6. The van der Waals surface area contributed by atoms with Crippen LogP contribution in [0.15, 0.2) is 24.3 Å². The molecule has 1 aromatic heterocycles. The number of aryl methyl sites for hydroxylation is 1. The molecular formula is C16H20N2O2. The lowest BCUT2D eigenvalue weighted by Crippen LogP contribution is -2.40. The Bertz CT molecular complexity index is 632. The number of benzene rings is 1. The van der Waals surface area contributed by atoms with Crippen molar-refractivity contribution in [2.24, 2.45) is 0 Å². The van der Waals surface area contributed by atoms with Gasteiger partial charge >= 0.3 is 6.09 Å². The summed E-state index contributed by atoms with van der Waals surface area (Å²) in [6, 6.07) is 8.62. The fourth-order valence-electron chi connectivity index (χ4n) is 3.07. The highest BCUT2D eigenvalue weighted by Crippen LogP contribution is 2.30. The molecule has 106 valence electrons. The van der Waals surface area contributed by atoms with E-state index in [1.807, 2.05) is 20.0 Å². The lowest BCUT2D eigenvalue weighted by Gasteiger charge is -2.30. The summed E-state index contributed by atoms with van der Waals surface area (Å²) in [6.07, 6.45) is 2.65. The van der Waals surface area contributed by atoms with Gasteiger partial charge in [-0.05, 0) is 31.4 Å². The van der Waals surface area contributed by atoms with Gasteiger partial charge in [0.2, 0.25) is 0 Å². The number of ether oxygens (including phenoxy) is 1. The topological polar surface area (TPSA) is 45.3 Å². The number of carbonyl (C=O) groups excluding carboxylic acids is 1. The zero-order valence-electron chi connectivity index (χ0n) is 12.0. The fourth-order valence-corrected chi connectivity index (χ4v) is 3.07. The van der Waals surface area contributed by atoms with Crippen molar-refractivity contribution in [3.05, 3.63) is 35.5 Å². The Kier molecular flexibility index (Phi) is 3.38. The number of aromatic nitrogens is 1. The molecule has 0 bridgehead atoms. The number of amides is 1. The van der Waals surface area contributed by atoms with Crippen molar-refractivity contribution in [1.82, 2.24) is 9.88 Å². The average molecular weight is 272 g/mol. The molecule has 2 aromatic rings. The molecule has 1 aromatic carbocycles. The average Bonchev–Trinajstić information content (AvgIpc) is 2.84. The molecule has 3 rings (SSSR count). The van der Waals surface area contributed by atoms with Gasteiger partial charge in [0.15, 0.2) is 0 Å². The molecule has 0 radical (unpaired) electrons. The first-order chi connectivity index (χ1) is 9.70. The molecule has 0 fully saturated rings. The third-order valence-electron chi connectivity index (χ3n) is 4.17. The summed E-state index contributed by atoms with van der Waals surface area (Å²) in [5.74, 6) is 0. The van der Waals surface area contributed by atoms with Gasteiger partial charge in [-0.15, -0.1) is 0 Å². The van der Waals surface area contributed by atoms with Crippen LogP contribution in [0.3, 0.4) is 0 Å². The van der Waals surface area contributed by atoms with Crippen molar-refractivity contribution < 1.29 is 9.53 Å². The minimum Gasteiger partial charge on any atom is -0.450 e. The maximum atomic E-state index is 11.8. The Morgan fingerprint density at radius 2 is 2.25 bits per heavy atom. The van der Waals surface area contributed by atoms with Crippen LogP contribution in [-0.2, 0) is 17.6 Å². The van der Waals surface area contributed by atoms with Crippen molar-refractivity contribution in [1.29, 1.82) is 0 Å². The molecule has 0 saturated heterocycles. The zero-order valence-corrected chi connectivity index (χ0v) is 12.0. The molecule has 4 nitrogen and oxygen atoms in total. The van der Waals surface area contributed by atoms with Gasteiger partial charge in [0.25, 0.3) is 0 Å². The van der Waals surface area contributed by atoms with Gasteiger partial charge in [-0.2, -0.15) is 0 Å². The second kappa shape index (κ2) is 5.19. The predicted molar refractivity (Wildman–Crippen MR) is 78.9 cm³/mol. The molecule has 1 atom stereocenters. The van der Waals surface area contributed by atoms with E-state index in [2.05, 4.69) is 23.2 Å². The van der Waals surface area contributed by atoms with E-state index in [0.29, 0.717) is 6.61 Å². The number of nitrogens with zero attached hydrogens (tertiary/aromatic N) is 1. The summed E-state index contributed by atoms with van der Waals surface area (Å²) in [5, 5.41) is 1.32. The standard InChI is InChI=1S/C16H20N2O2/c1-3-20-16(19)18(2)11-8-9-13-12-6-4-5-7-14(12)17-15(13)10-11/h4-7,11,17H,3,8-10H2,1-2H3. The van der Waals surface area contributed by atoms with Crippen LogP contribution >= 0.6 is 0 Å². The highest BCUT2D eigenvalue weighted by Gasteiger charge is 2.27. The molecule has 1 aliphatic carbocycles. The van der Waals surface area contributed by atoms with Crippen molar-refractivity contribution in [3.8, 4) is 0 Å². The van der Waals surface area contributed by atoms with Gasteiger partial charge in [0, 0.05) is 36.1 Å². The lowest BCUT2D eigenvalue weighted by atomic mass is 9.91. The van der Waals surface area contributed by atoms with Gasteiger partial charge in [0.05, 0.1) is 6.61 Å². The molecule has 0 spiro atoms. The fraction of sp³-hybridized carbons (Fsp3) is 0.438. The lowest BCUT2D eigenvalue weighted by molar-refractivity contribution is 0.0984. The van der Waals surface area contributed by atoms with Crippen LogP contribution in [0, 0.1) is 0 Å². The smallest absolute Gasteiger partial charge is 0.409 e. The van der Waals surface area contributed by atoms with Crippen molar-refractivity contribution in [3.63, 3.8) is 0 Å². The van der Waals surface area contributed by atoms with Gasteiger partial charge in [-0.1, -0.05) is 18.2 Å². The minimum atomic E-state index is -0.225. The number of para-hydroxylation sites is 1. The molecule has 0 saturated carbocycles. The van der Waals surface area contributed by atoms with E-state index in [0.717, 1.165) is 19.3 Å². The van der Waals surface area contributed by atoms with Gasteiger partial charge < -0.3 is 14.6 Å². The SMILES string of the molecule is CCOC(=O)N(C)C1CCc2c([nH]c3ccccc23)C1. The Morgan fingerprint density at radius 1 is 1.45 bits per heavy atom. The van der Waals surface area contributed by atoms with E-state index in [1.54, 1.807) is 4.90 Å². The van der Waals surface area contributed by atoms with E-state index < -0.39 is 0 Å².